The Morgan fingerprint density at radius 3 is 2.87 bits per heavy atom. The first-order chi connectivity index (χ1) is 15.0. The van der Waals surface area contributed by atoms with Gasteiger partial charge in [-0.1, -0.05) is 19.3 Å². The van der Waals surface area contributed by atoms with Crippen molar-refractivity contribution in [3.8, 4) is 0 Å². The quantitative estimate of drug-likeness (QED) is 0.531. The van der Waals surface area contributed by atoms with E-state index in [1.807, 2.05) is 17.4 Å². The van der Waals surface area contributed by atoms with E-state index in [2.05, 4.69) is 22.4 Å². The van der Waals surface area contributed by atoms with Crippen LogP contribution in [0.1, 0.15) is 57.2 Å². The molecule has 4 rings (SSSR count). The molecule has 0 radical (unpaired) electrons. The molecule has 0 spiro atoms. The van der Waals surface area contributed by atoms with Crippen molar-refractivity contribution in [2.75, 3.05) is 20.1 Å². The summed E-state index contributed by atoms with van der Waals surface area (Å²) in [5.41, 5.74) is 1.91. The summed E-state index contributed by atoms with van der Waals surface area (Å²) < 4.78 is 8.68. The topological polar surface area (TPSA) is 84.8 Å². The molecule has 1 aliphatic carbocycles. The van der Waals surface area contributed by atoms with Gasteiger partial charge < -0.3 is 14.6 Å². The Kier molecular flexibility index (Phi) is 6.75. The van der Waals surface area contributed by atoms with Gasteiger partial charge in [0.15, 0.2) is 5.58 Å². The summed E-state index contributed by atoms with van der Waals surface area (Å²) in [5.74, 6) is 0.754. The van der Waals surface area contributed by atoms with Gasteiger partial charge in [-0.15, -0.1) is 0 Å². The maximum atomic E-state index is 12.8. The molecule has 0 saturated heterocycles. The van der Waals surface area contributed by atoms with E-state index < -0.39 is 0 Å². The van der Waals surface area contributed by atoms with Gasteiger partial charge in [-0.3, -0.25) is 14.0 Å². The number of aryl methyl sites for hydroxylation is 2. The number of hydrogen-bond donors (Lipinski definition) is 1. The molecule has 8 nitrogen and oxygen atoms in total. The molecular formula is C23H33N5O3. The van der Waals surface area contributed by atoms with Crippen LogP contribution >= 0.6 is 0 Å². The molecule has 0 aliphatic heterocycles. The fourth-order valence-electron chi connectivity index (χ4n) is 4.72. The lowest BCUT2D eigenvalue weighted by molar-refractivity contribution is -0.121. The molecule has 1 fully saturated rings. The van der Waals surface area contributed by atoms with Crippen molar-refractivity contribution in [3.05, 3.63) is 34.6 Å². The van der Waals surface area contributed by atoms with Crippen LogP contribution < -0.4 is 10.9 Å². The molecule has 168 valence electrons. The van der Waals surface area contributed by atoms with Gasteiger partial charge in [0.1, 0.15) is 11.3 Å². The number of nitrogens with zero attached hydrogens (tertiary/aromatic N) is 4. The highest BCUT2D eigenvalue weighted by atomic mass is 16.3. The van der Waals surface area contributed by atoms with E-state index in [1.54, 1.807) is 12.3 Å². The zero-order chi connectivity index (χ0) is 21.8. The van der Waals surface area contributed by atoms with Gasteiger partial charge in [0.2, 0.25) is 5.91 Å². The lowest BCUT2D eigenvalue weighted by Crippen LogP contribution is -2.35. The van der Waals surface area contributed by atoms with Crippen LogP contribution in [0.15, 0.2) is 27.6 Å². The zero-order valence-electron chi connectivity index (χ0n) is 18.6. The van der Waals surface area contributed by atoms with E-state index in [1.165, 1.54) is 36.8 Å². The molecule has 0 bridgehead atoms. The molecule has 3 heterocycles. The predicted molar refractivity (Wildman–Crippen MR) is 120 cm³/mol. The molecule has 8 heteroatoms. The third-order valence-electron chi connectivity index (χ3n) is 6.45. The molecule has 1 N–H and O–H groups in total. The fraction of sp³-hybridized carbons (Fsp3) is 0.609. The number of hydrogen-bond acceptors (Lipinski definition) is 5. The molecule has 0 unspecified atom stereocenters. The average Bonchev–Trinajstić information content (AvgIpc) is 3.37. The second-order valence-corrected chi connectivity index (χ2v) is 8.69. The highest BCUT2D eigenvalue weighted by Gasteiger charge is 2.17. The summed E-state index contributed by atoms with van der Waals surface area (Å²) in [6.07, 6.45) is 10.2. The monoisotopic (exact) mass is 427 g/mol. The number of carbonyl (C=O) groups excluding carboxylic acids is 1. The Balaban J connectivity index is 1.22. The summed E-state index contributed by atoms with van der Waals surface area (Å²) in [6.45, 7) is 4.00. The number of furan rings is 1. The van der Waals surface area contributed by atoms with Crippen molar-refractivity contribution in [2.24, 2.45) is 0 Å². The van der Waals surface area contributed by atoms with Crippen molar-refractivity contribution in [1.29, 1.82) is 0 Å². The Morgan fingerprint density at radius 1 is 1.26 bits per heavy atom. The van der Waals surface area contributed by atoms with Crippen LogP contribution in [0.3, 0.4) is 0 Å². The third-order valence-corrected chi connectivity index (χ3v) is 6.45. The molecule has 1 aliphatic rings. The Hall–Kier alpha value is -2.61. The van der Waals surface area contributed by atoms with E-state index >= 15 is 0 Å². The third kappa shape index (κ3) is 4.84. The minimum absolute atomic E-state index is 0.0337. The molecule has 0 aromatic carbocycles. The molecule has 3 aromatic rings. The summed E-state index contributed by atoms with van der Waals surface area (Å²) in [4.78, 5) is 27.4. The van der Waals surface area contributed by atoms with Crippen LogP contribution in [0.2, 0.25) is 0 Å². The van der Waals surface area contributed by atoms with Gasteiger partial charge >= 0.3 is 0 Å². The SMILES string of the molecule is Cc1nn(CCCC(=O)NCCCN(C)C2CCCCC2)c(=O)c2cc3occc3n12. The Bertz CT molecular complexity index is 1090. The molecule has 0 atom stereocenters. The number of amides is 1. The Morgan fingerprint density at radius 2 is 2.06 bits per heavy atom. The summed E-state index contributed by atoms with van der Waals surface area (Å²) >= 11 is 0. The number of rotatable bonds is 9. The van der Waals surface area contributed by atoms with E-state index in [0.29, 0.717) is 43.1 Å². The van der Waals surface area contributed by atoms with Gasteiger partial charge in [0, 0.05) is 37.7 Å². The molecule has 1 amide bonds. The largest absolute Gasteiger partial charge is 0.463 e. The minimum atomic E-state index is -0.164. The summed E-state index contributed by atoms with van der Waals surface area (Å²) in [5, 5.41) is 7.43. The predicted octanol–water partition coefficient (Wildman–Crippen LogP) is 3.10. The smallest absolute Gasteiger partial charge is 0.291 e. The normalized spacial score (nSPS) is 15.3. The highest BCUT2D eigenvalue weighted by Crippen LogP contribution is 2.21. The highest BCUT2D eigenvalue weighted by molar-refractivity contribution is 5.82. The maximum absolute atomic E-state index is 12.8. The van der Waals surface area contributed by atoms with E-state index in [4.69, 9.17) is 4.42 Å². The van der Waals surface area contributed by atoms with Gasteiger partial charge in [-0.05, 0) is 46.2 Å². The van der Waals surface area contributed by atoms with Gasteiger partial charge in [0.05, 0.1) is 11.8 Å². The Labute approximate surface area is 182 Å². The lowest BCUT2D eigenvalue weighted by Gasteiger charge is -2.31. The molecular weight excluding hydrogens is 394 g/mol. The van der Waals surface area contributed by atoms with Gasteiger partial charge in [-0.2, -0.15) is 5.10 Å². The number of carbonyl (C=O) groups is 1. The van der Waals surface area contributed by atoms with Crippen molar-refractivity contribution in [1.82, 2.24) is 24.4 Å². The second-order valence-electron chi connectivity index (χ2n) is 8.69. The van der Waals surface area contributed by atoms with Crippen LogP contribution in [0.5, 0.6) is 0 Å². The first-order valence-electron chi connectivity index (χ1n) is 11.5. The minimum Gasteiger partial charge on any atom is -0.463 e. The standard InChI is InChI=1S/C23H33N5O3/c1-17-25-27(23(30)20-16-21-19(28(17)20)11-15-31-21)14-6-10-22(29)24-12-7-13-26(2)18-8-4-3-5-9-18/h11,15-16,18H,3-10,12-14H2,1-2H3,(H,24,29). The summed E-state index contributed by atoms with van der Waals surface area (Å²) in [6, 6.07) is 4.29. The van der Waals surface area contributed by atoms with Crippen LogP contribution in [0.25, 0.3) is 16.6 Å². The fourth-order valence-corrected chi connectivity index (χ4v) is 4.72. The molecule has 31 heavy (non-hydrogen) atoms. The van der Waals surface area contributed by atoms with Crippen molar-refractivity contribution in [3.63, 3.8) is 0 Å². The first-order valence-corrected chi connectivity index (χ1v) is 11.5. The molecule has 3 aromatic heterocycles. The average molecular weight is 428 g/mol. The van der Waals surface area contributed by atoms with Gasteiger partial charge in [-0.25, -0.2) is 4.68 Å². The second kappa shape index (κ2) is 9.68. The van der Waals surface area contributed by atoms with E-state index in [9.17, 15) is 9.59 Å². The van der Waals surface area contributed by atoms with E-state index in [-0.39, 0.29) is 11.5 Å². The molecule has 1 saturated carbocycles. The van der Waals surface area contributed by atoms with Crippen molar-refractivity contribution in [2.45, 2.75) is 70.9 Å². The van der Waals surface area contributed by atoms with Crippen LogP contribution in [-0.2, 0) is 11.3 Å². The van der Waals surface area contributed by atoms with Crippen molar-refractivity contribution < 1.29 is 9.21 Å². The first kappa shape index (κ1) is 21.6. The lowest BCUT2D eigenvalue weighted by atomic mass is 9.94. The van der Waals surface area contributed by atoms with Crippen LogP contribution in [0, 0.1) is 6.92 Å². The number of nitrogens with one attached hydrogen (secondary N) is 1. The number of aromatic nitrogens is 3. The van der Waals surface area contributed by atoms with Crippen LogP contribution in [-0.4, -0.2) is 51.2 Å². The van der Waals surface area contributed by atoms with E-state index in [0.717, 1.165) is 24.3 Å². The van der Waals surface area contributed by atoms with Gasteiger partial charge in [0.25, 0.3) is 5.56 Å². The zero-order valence-corrected chi connectivity index (χ0v) is 18.6. The van der Waals surface area contributed by atoms with Crippen LogP contribution in [0.4, 0.5) is 0 Å². The summed E-state index contributed by atoms with van der Waals surface area (Å²) in [7, 11) is 2.20. The van der Waals surface area contributed by atoms with Crippen molar-refractivity contribution >= 4 is 22.5 Å². The number of fused-ring (bicyclic) bond motifs is 3. The maximum Gasteiger partial charge on any atom is 0.291 e.